The second-order valence-corrected chi connectivity index (χ2v) is 9.88. The zero-order chi connectivity index (χ0) is 30.7. The van der Waals surface area contributed by atoms with E-state index in [0.717, 1.165) is 18.3 Å². The van der Waals surface area contributed by atoms with Gasteiger partial charge in [-0.05, 0) is 63.9 Å². The summed E-state index contributed by atoms with van der Waals surface area (Å²) in [5.41, 5.74) is 13.0. The molecule has 0 spiro atoms. The Hall–Kier alpha value is -4.87. The van der Waals surface area contributed by atoms with E-state index in [2.05, 4.69) is 26.7 Å². The third-order valence-corrected chi connectivity index (χ3v) is 6.00. The average Bonchev–Trinajstić information content (AvgIpc) is 2.90. The van der Waals surface area contributed by atoms with Crippen LogP contribution in [0, 0.1) is 12.3 Å². The van der Waals surface area contributed by atoms with Gasteiger partial charge in [0, 0.05) is 41.0 Å². The molecule has 0 saturated carbocycles. The Labute approximate surface area is 239 Å². The van der Waals surface area contributed by atoms with Crippen LogP contribution in [0.3, 0.4) is 0 Å². The third-order valence-electron chi connectivity index (χ3n) is 6.00. The maximum Gasteiger partial charge on any atom is 0.294 e. The van der Waals surface area contributed by atoms with Crippen molar-refractivity contribution in [2.24, 2.45) is 5.73 Å². The summed E-state index contributed by atoms with van der Waals surface area (Å²) in [5, 5.41) is 24.7. The number of anilines is 2. The van der Waals surface area contributed by atoms with Crippen LogP contribution in [0.4, 0.5) is 11.5 Å². The summed E-state index contributed by atoms with van der Waals surface area (Å²) in [6.45, 7) is 9.27. The number of hydrogen-bond acceptors (Lipinski definition) is 8. The summed E-state index contributed by atoms with van der Waals surface area (Å²) in [5.74, 6) is -0.540. The number of aryl methyl sites for hydroxylation is 1. The van der Waals surface area contributed by atoms with Crippen molar-refractivity contribution in [3.8, 4) is 17.0 Å². The SMILES string of the molecule is CC[C@H](C)NC(=O)c1cc(N)cc(-c2cnc(NC(C)C)c(=O)n2CC(=O)NCc2ccc(C)cc2O)c1.N=CN. The van der Waals surface area contributed by atoms with Crippen LogP contribution >= 0.6 is 0 Å². The van der Waals surface area contributed by atoms with Crippen molar-refractivity contribution < 1.29 is 14.7 Å². The van der Waals surface area contributed by atoms with Crippen molar-refractivity contribution >= 4 is 29.7 Å². The first-order valence-corrected chi connectivity index (χ1v) is 13.2. The minimum Gasteiger partial charge on any atom is -0.508 e. The Bertz CT molecular complexity index is 1430. The number of phenolic OH excluding ortho intramolecular Hbond substituents is 1. The highest BCUT2D eigenvalue weighted by molar-refractivity contribution is 5.96. The fourth-order valence-electron chi connectivity index (χ4n) is 3.80. The second-order valence-electron chi connectivity index (χ2n) is 9.88. The van der Waals surface area contributed by atoms with Gasteiger partial charge in [-0.25, -0.2) is 4.98 Å². The molecule has 3 rings (SSSR count). The number of nitrogens with zero attached hydrogens (tertiary/aromatic N) is 2. The molecule has 0 saturated heterocycles. The number of benzene rings is 2. The van der Waals surface area contributed by atoms with E-state index < -0.39 is 11.5 Å². The molecule has 0 bridgehead atoms. The van der Waals surface area contributed by atoms with Crippen molar-refractivity contribution in [1.82, 2.24) is 20.2 Å². The number of rotatable bonds is 10. The minimum absolute atomic E-state index is 0.0229. The molecule has 0 aliphatic heterocycles. The lowest BCUT2D eigenvalue weighted by Crippen LogP contribution is -2.35. The Morgan fingerprint density at radius 1 is 1.17 bits per heavy atom. The van der Waals surface area contributed by atoms with E-state index in [1.54, 1.807) is 30.3 Å². The number of aromatic nitrogens is 2. The van der Waals surface area contributed by atoms with Crippen molar-refractivity contribution in [2.75, 3.05) is 11.1 Å². The lowest BCUT2D eigenvalue weighted by atomic mass is 10.1. The highest BCUT2D eigenvalue weighted by Crippen LogP contribution is 2.24. The van der Waals surface area contributed by atoms with E-state index >= 15 is 0 Å². The number of carbonyl (C=O) groups is 2. The zero-order valence-corrected chi connectivity index (χ0v) is 24.1. The van der Waals surface area contributed by atoms with Gasteiger partial charge in [0.05, 0.1) is 18.2 Å². The summed E-state index contributed by atoms with van der Waals surface area (Å²) < 4.78 is 1.30. The van der Waals surface area contributed by atoms with Crippen LogP contribution in [0.1, 0.15) is 55.6 Å². The quantitative estimate of drug-likeness (QED) is 0.111. The number of amides is 2. The van der Waals surface area contributed by atoms with Crippen molar-refractivity contribution in [2.45, 2.75) is 66.2 Å². The number of phenols is 1. The molecule has 1 aromatic heterocycles. The van der Waals surface area contributed by atoms with E-state index in [1.807, 2.05) is 40.7 Å². The predicted octanol–water partition coefficient (Wildman–Crippen LogP) is 2.72. The van der Waals surface area contributed by atoms with Gasteiger partial charge in [-0.3, -0.25) is 24.4 Å². The van der Waals surface area contributed by atoms with Crippen LogP contribution in [0.25, 0.3) is 11.3 Å². The molecule has 1 atom stereocenters. The van der Waals surface area contributed by atoms with Gasteiger partial charge in [0.25, 0.3) is 11.5 Å². The lowest BCUT2D eigenvalue weighted by Gasteiger charge is -2.17. The predicted molar refractivity (Wildman–Crippen MR) is 162 cm³/mol. The van der Waals surface area contributed by atoms with Gasteiger partial charge >= 0.3 is 0 Å². The molecule has 0 aliphatic carbocycles. The molecule has 3 aromatic rings. The second kappa shape index (κ2) is 15.1. The monoisotopic (exact) mass is 564 g/mol. The summed E-state index contributed by atoms with van der Waals surface area (Å²) in [4.78, 5) is 43.4. The number of nitrogens with two attached hydrogens (primary N) is 2. The molecule has 9 N–H and O–H groups in total. The fraction of sp³-hybridized carbons (Fsp3) is 0.345. The van der Waals surface area contributed by atoms with Crippen LogP contribution in [0.5, 0.6) is 5.75 Å². The normalized spacial score (nSPS) is 11.2. The van der Waals surface area contributed by atoms with Gasteiger partial charge in [-0.15, -0.1) is 0 Å². The average molecular weight is 565 g/mol. The van der Waals surface area contributed by atoms with Crippen molar-refractivity contribution in [3.05, 3.63) is 69.6 Å². The smallest absolute Gasteiger partial charge is 0.294 e. The van der Waals surface area contributed by atoms with Crippen molar-refractivity contribution in [3.63, 3.8) is 0 Å². The molecule has 0 unspecified atom stereocenters. The molecule has 0 radical (unpaired) electrons. The van der Waals surface area contributed by atoms with Crippen LogP contribution in [0.15, 0.2) is 47.4 Å². The first-order valence-electron chi connectivity index (χ1n) is 13.2. The van der Waals surface area contributed by atoms with E-state index in [0.29, 0.717) is 28.1 Å². The summed E-state index contributed by atoms with van der Waals surface area (Å²) in [7, 11) is 0. The number of nitrogen functional groups attached to an aromatic ring is 1. The Morgan fingerprint density at radius 2 is 1.85 bits per heavy atom. The summed E-state index contributed by atoms with van der Waals surface area (Å²) in [6, 6.07) is 9.92. The molecule has 2 aromatic carbocycles. The van der Waals surface area contributed by atoms with Gasteiger partial charge in [0.2, 0.25) is 5.91 Å². The molecule has 1 heterocycles. The molecule has 12 heteroatoms. The van der Waals surface area contributed by atoms with E-state index in [4.69, 9.17) is 11.1 Å². The molecular weight excluding hydrogens is 524 g/mol. The van der Waals surface area contributed by atoms with E-state index in [-0.39, 0.29) is 42.6 Å². The van der Waals surface area contributed by atoms with Gasteiger partial charge in [-0.1, -0.05) is 19.1 Å². The van der Waals surface area contributed by atoms with Gasteiger partial charge < -0.3 is 32.5 Å². The van der Waals surface area contributed by atoms with Gasteiger partial charge in [-0.2, -0.15) is 0 Å². The largest absolute Gasteiger partial charge is 0.508 e. The summed E-state index contributed by atoms with van der Waals surface area (Å²) >= 11 is 0. The summed E-state index contributed by atoms with van der Waals surface area (Å²) in [6.07, 6.45) is 3.00. The maximum atomic E-state index is 13.4. The molecule has 0 aliphatic rings. The highest BCUT2D eigenvalue weighted by Gasteiger charge is 2.18. The first kappa shape index (κ1) is 32.3. The Kier molecular flexibility index (Phi) is 11.9. The van der Waals surface area contributed by atoms with Crippen LogP contribution in [-0.4, -0.2) is 44.9 Å². The van der Waals surface area contributed by atoms with Crippen LogP contribution < -0.4 is 33.0 Å². The Balaban J connectivity index is 0.00000187. The van der Waals surface area contributed by atoms with Gasteiger partial charge in [0.1, 0.15) is 12.3 Å². The highest BCUT2D eigenvalue weighted by atomic mass is 16.3. The zero-order valence-electron chi connectivity index (χ0n) is 24.1. The van der Waals surface area contributed by atoms with E-state index in [9.17, 15) is 19.5 Å². The van der Waals surface area contributed by atoms with Crippen LogP contribution in [-0.2, 0) is 17.9 Å². The molecule has 2 amide bonds. The minimum atomic E-state index is -0.488. The van der Waals surface area contributed by atoms with Gasteiger partial charge in [0.15, 0.2) is 5.82 Å². The number of hydrogen-bond donors (Lipinski definition) is 7. The first-order chi connectivity index (χ1) is 19.4. The Morgan fingerprint density at radius 3 is 2.46 bits per heavy atom. The fourth-order valence-corrected chi connectivity index (χ4v) is 3.80. The lowest BCUT2D eigenvalue weighted by molar-refractivity contribution is -0.121. The number of aromatic hydroxyl groups is 1. The van der Waals surface area contributed by atoms with Crippen LogP contribution in [0.2, 0.25) is 0 Å². The third kappa shape index (κ3) is 9.38. The molecule has 220 valence electrons. The molecular formula is C29H40N8O4. The molecule has 41 heavy (non-hydrogen) atoms. The van der Waals surface area contributed by atoms with Crippen molar-refractivity contribution in [1.29, 1.82) is 5.41 Å². The maximum absolute atomic E-state index is 13.4. The van der Waals surface area contributed by atoms with E-state index in [1.165, 1.54) is 10.8 Å². The number of carbonyl (C=O) groups excluding carboxylic acids is 2. The molecule has 0 fully saturated rings. The number of nitrogens with one attached hydrogen (secondary N) is 4. The standard InChI is InChI=1S/C28H36N6O4.CH4N2/c1-6-18(5)33-27(37)21-10-20(11-22(29)12-21)23-14-31-26(32-16(2)3)28(38)34(23)15-25(36)30-13-19-8-7-17(4)9-24(19)35;2-1-3/h7-12,14,16,18,35H,6,13,15,29H2,1-5H3,(H,30,36)(H,31,32)(H,33,37);1H,(H3,2,3)/t18-;/m0./s1. The topological polar surface area (TPSA) is 201 Å². The molecule has 12 nitrogen and oxygen atoms in total.